The van der Waals surface area contributed by atoms with Gasteiger partial charge in [-0.3, -0.25) is 19.2 Å². The first kappa shape index (κ1) is 79.8. The molecule has 1 aliphatic heterocycles. The first-order chi connectivity index (χ1) is 53.8. The number of carbonyl (C=O) groups excluding carboxylic acids is 4. The highest BCUT2D eigenvalue weighted by Crippen LogP contribution is 2.23. The largest absolute Gasteiger partial charge is 0.368 e. The number of hydrogen-bond acceptors (Lipinski definition) is 26. The smallest absolute Gasteiger partial charge is 0.251 e. The summed E-state index contributed by atoms with van der Waals surface area (Å²) in [6.07, 6.45) is 12.2. The zero-order chi connectivity index (χ0) is 78.4. The van der Waals surface area contributed by atoms with E-state index in [0.29, 0.717) is 107 Å². The molecule has 4 amide bonds. The Morgan fingerprint density at radius 3 is 1.01 bits per heavy atom. The van der Waals surface area contributed by atoms with E-state index in [4.69, 9.17) is 22.9 Å². The summed E-state index contributed by atoms with van der Waals surface area (Å²) in [7, 11) is 3.92. The zero-order valence-electron chi connectivity index (χ0n) is 62.8. The molecule has 8 aromatic heterocycles. The number of likely N-dealkylation sites (tertiary alicyclic amines) is 1. The third kappa shape index (κ3) is 24.4. The molecule has 13 rings (SSSR count). The number of nitrogens with two attached hydrogens (primary N) is 4. The second-order valence-electron chi connectivity index (χ2n) is 26.3. The van der Waals surface area contributed by atoms with Gasteiger partial charge in [-0.15, -0.1) is 20.4 Å². The highest BCUT2D eigenvalue weighted by atomic mass is 16.2. The van der Waals surface area contributed by atoms with Crippen molar-refractivity contribution in [2.24, 2.45) is 11.8 Å². The second kappa shape index (κ2) is 40.3. The third-order valence-corrected chi connectivity index (χ3v) is 16.9. The van der Waals surface area contributed by atoms with Gasteiger partial charge in [0.2, 0.25) is 47.6 Å². The lowest BCUT2D eigenvalue weighted by Gasteiger charge is -2.14. The number of nitrogens with one attached hydrogen (secondary N) is 8. The molecule has 576 valence electrons. The van der Waals surface area contributed by atoms with Gasteiger partial charge in [0, 0.05) is 103 Å². The quantitative estimate of drug-likeness (QED) is 0.0194. The number of anilines is 12. The lowest BCUT2D eigenvalue weighted by atomic mass is 10.1. The van der Waals surface area contributed by atoms with Crippen LogP contribution in [-0.4, -0.2) is 179 Å². The Balaban J connectivity index is 0.000000157. The fourth-order valence-electron chi connectivity index (χ4n) is 10.6. The summed E-state index contributed by atoms with van der Waals surface area (Å²) in [4.78, 5) is 86.8. The van der Waals surface area contributed by atoms with E-state index in [-0.39, 0.29) is 47.4 Å². The maximum absolute atomic E-state index is 12.3. The van der Waals surface area contributed by atoms with Crippen LogP contribution < -0.4 is 65.5 Å². The Bertz CT molecular complexity index is 4710. The van der Waals surface area contributed by atoms with Crippen molar-refractivity contribution in [3.63, 3.8) is 0 Å². The van der Waals surface area contributed by atoms with Crippen LogP contribution in [0.4, 0.5) is 70.3 Å². The monoisotopic (exact) mass is 1500 g/mol. The zero-order valence-corrected chi connectivity index (χ0v) is 62.8. The van der Waals surface area contributed by atoms with E-state index >= 15 is 0 Å². The minimum absolute atomic E-state index is 0.0650. The molecule has 0 spiro atoms. The van der Waals surface area contributed by atoms with Crippen molar-refractivity contribution in [1.82, 2.24) is 110 Å². The molecule has 0 bridgehead atoms. The Kier molecular flexibility index (Phi) is 28.9. The van der Waals surface area contributed by atoms with Crippen molar-refractivity contribution in [3.05, 3.63) is 217 Å². The predicted octanol–water partition coefficient (Wildman–Crippen LogP) is 9.01. The van der Waals surface area contributed by atoms with Crippen LogP contribution in [0.1, 0.15) is 101 Å². The van der Waals surface area contributed by atoms with Crippen molar-refractivity contribution in [2.75, 3.05) is 111 Å². The van der Waals surface area contributed by atoms with Crippen LogP contribution in [0.25, 0.3) is 23.3 Å². The van der Waals surface area contributed by atoms with Crippen LogP contribution in [0.15, 0.2) is 195 Å². The Morgan fingerprint density at radius 1 is 0.414 bits per heavy atom. The van der Waals surface area contributed by atoms with E-state index in [1.165, 1.54) is 44.7 Å². The fraction of sp³-hybridized carbons (Fsp3) is 0.273. The number of nitrogen functional groups attached to an aromatic ring is 4. The lowest BCUT2D eigenvalue weighted by Crippen LogP contribution is -2.31. The topological polar surface area (TPSA) is 449 Å². The molecule has 1 unspecified atom stereocenters. The molecule has 16 N–H and O–H groups in total. The summed E-state index contributed by atoms with van der Waals surface area (Å²) in [5.41, 5.74) is 29.1. The van der Waals surface area contributed by atoms with Gasteiger partial charge in [-0.1, -0.05) is 58.4 Å². The van der Waals surface area contributed by atoms with Gasteiger partial charge >= 0.3 is 0 Å². The van der Waals surface area contributed by atoms with E-state index in [1.54, 1.807) is 134 Å². The normalized spacial score (nSPS) is 11.9. The van der Waals surface area contributed by atoms with E-state index < -0.39 is 0 Å². The molecule has 1 fully saturated rings. The number of hydrogen-bond donors (Lipinski definition) is 12. The molecular formula is C77H94N30O4. The molecular weight excluding hydrogens is 1410 g/mol. The first-order valence-corrected chi connectivity index (χ1v) is 36.3. The Morgan fingerprint density at radius 2 is 0.721 bits per heavy atom. The summed E-state index contributed by atoms with van der Waals surface area (Å²) in [6.45, 7) is 15.3. The molecule has 1 saturated heterocycles. The molecule has 12 aromatic rings. The minimum atomic E-state index is -0.106. The van der Waals surface area contributed by atoms with Crippen LogP contribution >= 0.6 is 0 Å². The average molecular weight is 1500 g/mol. The van der Waals surface area contributed by atoms with E-state index in [0.717, 1.165) is 55.1 Å². The summed E-state index contributed by atoms with van der Waals surface area (Å²) < 4.78 is 5.83. The van der Waals surface area contributed by atoms with Crippen molar-refractivity contribution < 1.29 is 19.2 Å². The number of benzene rings is 4. The molecule has 0 radical (unpaired) electrons. The number of aromatic nitrogens is 16. The van der Waals surface area contributed by atoms with Gasteiger partial charge in [0.1, 0.15) is 0 Å². The number of likely N-dealkylation sites (N-methyl/N-ethyl adjacent to an activating group) is 1. The second-order valence-corrected chi connectivity index (χ2v) is 26.3. The van der Waals surface area contributed by atoms with Crippen molar-refractivity contribution in [3.8, 4) is 23.3 Å². The Hall–Kier alpha value is -13.8. The number of carbonyl (C=O) groups is 4. The van der Waals surface area contributed by atoms with E-state index in [2.05, 4.69) is 135 Å². The average Bonchev–Trinajstić information content (AvgIpc) is 1.71. The minimum Gasteiger partial charge on any atom is -0.368 e. The fourth-order valence-corrected chi connectivity index (χ4v) is 10.6. The summed E-state index contributed by atoms with van der Waals surface area (Å²) in [6, 6.07) is 50.3. The number of pyridine rings is 4. The SMILES string of the molecule is CC(C)CCNC(=O)c1ccc(Nc2nc(N)n(-c3ccccn3)n2)cc1.CCC(C)CNC(=O)c1ccc(Nc2nc(N)n(-c3ccccn3)n2)cc1.CN(C)CCNC(=O)c1ccc(Nc2nc(N)n(-c3ccccn3)n2)cc1.Nc1nc(Nc2ccc(C(=O)NCCCN3CCCC3)cc2)nn1-c1ccccn1. The first-order valence-electron chi connectivity index (χ1n) is 36.3. The number of rotatable bonds is 29. The summed E-state index contributed by atoms with van der Waals surface area (Å²) in [5, 5.41) is 41.3. The van der Waals surface area contributed by atoms with Crippen LogP contribution in [0.5, 0.6) is 0 Å². The molecule has 111 heavy (non-hydrogen) atoms. The molecule has 1 aliphatic rings. The van der Waals surface area contributed by atoms with Crippen LogP contribution in [-0.2, 0) is 0 Å². The number of amides is 4. The van der Waals surface area contributed by atoms with Gasteiger partial charge in [-0.05, 0) is 217 Å². The third-order valence-electron chi connectivity index (χ3n) is 16.9. The predicted molar refractivity (Wildman–Crippen MR) is 430 cm³/mol. The highest BCUT2D eigenvalue weighted by Gasteiger charge is 2.18. The van der Waals surface area contributed by atoms with Crippen LogP contribution in [0.2, 0.25) is 0 Å². The molecule has 34 heteroatoms. The van der Waals surface area contributed by atoms with E-state index in [9.17, 15) is 19.2 Å². The van der Waals surface area contributed by atoms with Gasteiger partial charge < -0.3 is 75.3 Å². The summed E-state index contributed by atoms with van der Waals surface area (Å²) in [5.74, 6) is 5.38. The van der Waals surface area contributed by atoms with Gasteiger partial charge in [-0.2, -0.15) is 38.7 Å². The number of nitrogens with zero attached hydrogens (tertiary/aromatic N) is 18. The molecule has 0 saturated carbocycles. The van der Waals surface area contributed by atoms with Gasteiger partial charge in [0.25, 0.3) is 23.6 Å². The van der Waals surface area contributed by atoms with Gasteiger partial charge in [0.05, 0.1) is 0 Å². The maximum atomic E-state index is 12.3. The highest BCUT2D eigenvalue weighted by molar-refractivity contribution is 5.96. The molecule has 0 aliphatic carbocycles. The van der Waals surface area contributed by atoms with Crippen molar-refractivity contribution in [2.45, 2.75) is 59.8 Å². The van der Waals surface area contributed by atoms with Gasteiger partial charge in [0.15, 0.2) is 23.3 Å². The van der Waals surface area contributed by atoms with Crippen molar-refractivity contribution >= 4 is 94.0 Å². The lowest BCUT2D eigenvalue weighted by molar-refractivity contribution is 0.0940. The maximum Gasteiger partial charge on any atom is 0.251 e. The molecule has 9 heterocycles. The molecule has 1 atom stereocenters. The Labute approximate surface area is 642 Å². The standard InChI is InChI=1S/C21H26N8O.2C19H23N7O.C18H22N8O/c22-20-26-21(27-29(20)18-6-1-2-11-23-18)25-17-9-7-16(8-10-17)19(30)24-12-5-15-28-13-3-4-14-28;1-13(2)10-12-22-17(27)14-6-8-15(9-7-14)23-19-24-18(20)26(25-19)16-5-3-4-11-21-16;1-3-13(2)12-22-17(27)14-7-9-15(10-8-14)23-19-24-18(20)26(25-19)16-6-4-5-11-21-16;1-25(2)12-11-21-16(27)13-6-8-14(9-7-13)22-18-23-17(19)26(24-18)15-5-3-4-10-20-15/h1-2,6-11H,3-5,12-15H2,(H,24,30)(H3,22,25,26,27);3-9,11,13H,10,12H2,1-2H3,(H,22,27)(H3,20,23,24,25);4-11,13H,3,12H2,1-2H3,(H,22,27)(H3,20,23,24,25);3-10H,11-12H2,1-2H3,(H,21,27)(H3,19,22,23,24). The van der Waals surface area contributed by atoms with Crippen LogP contribution in [0, 0.1) is 11.8 Å². The van der Waals surface area contributed by atoms with E-state index in [1.807, 2.05) is 79.7 Å². The van der Waals surface area contributed by atoms with Crippen LogP contribution in [0.3, 0.4) is 0 Å². The van der Waals surface area contributed by atoms with Crippen molar-refractivity contribution in [1.29, 1.82) is 0 Å². The summed E-state index contributed by atoms with van der Waals surface area (Å²) >= 11 is 0. The molecule has 34 nitrogen and oxygen atoms in total. The molecule has 4 aromatic carbocycles. The van der Waals surface area contributed by atoms with Gasteiger partial charge in [-0.25, -0.2) is 19.9 Å².